The van der Waals surface area contributed by atoms with Gasteiger partial charge in [-0.15, -0.1) is 0 Å². The first-order chi connectivity index (χ1) is 10.8. The van der Waals surface area contributed by atoms with Crippen molar-refractivity contribution in [2.45, 2.75) is 17.4 Å². The third-order valence-corrected chi connectivity index (χ3v) is 5.96. The molecule has 1 atom stereocenters. The van der Waals surface area contributed by atoms with Crippen molar-refractivity contribution in [3.05, 3.63) is 29.0 Å². The SMILES string of the molecule is O=C1COC(=O)N1C1CCN(S(=O)(=O)c2ccc(F)c(Cl)c2)C1. The number of carbonyl (C=O) groups is 2. The van der Waals surface area contributed by atoms with Gasteiger partial charge in [0.05, 0.1) is 16.0 Å². The van der Waals surface area contributed by atoms with Gasteiger partial charge in [0.25, 0.3) is 5.91 Å². The summed E-state index contributed by atoms with van der Waals surface area (Å²) in [5.41, 5.74) is 0. The number of hydrogen-bond acceptors (Lipinski definition) is 5. The van der Waals surface area contributed by atoms with E-state index in [4.69, 9.17) is 11.6 Å². The summed E-state index contributed by atoms with van der Waals surface area (Å²) in [6.07, 6.45) is -0.446. The second-order valence-electron chi connectivity index (χ2n) is 5.20. The van der Waals surface area contributed by atoms with Gasteiger partial charge in [-0.05, 0) is 24.6 Å². The van der Waals surface area contributed by atoms with Crippen LogP contribution in [0.5, 0.6) is 0 Å². The molecule has 7 nitrogen and oxygen atoms in total. The molecular formula is C13H12ClFN2O5S. The Kier molecular flexibility index (Phi) is 4.03. The van der Waals surface area contributed by atoms with E-state index < -0.39 is 33.9 Å². The molecule has 3 rings (SSSR count). The second kappa shape index (κ2) is 5.73. The summed E-state index contributed by atoms with van der Waals surface area (Å²) in [5, 5.41) is -0.292. The third-order valence-electron chi connectivity index (χ3n) is 3.80. The number of cyclic esters (lactones) is 1. The summed E-state index contributed by atoms with van der Waals surface area (Å²) in [7, 11) is -3.88. The lowest BCUT2D eigenvalue weighted by Crippen LogP contribution is -2.42. The van der Waals surface area contributed by atoms with Crippen molar-refractivity contribution >= 4 is 33.6 Å². The molecule has 1 unspecified atom stereocenters. The summed E-state index contributed by atoms with van der Waals surface area (Å²) in [5.74, 6) is -1.20. The van der Waals surface area contributed by atoms with Crippen LogP contribution in [-0.2, 0) is 19.6 Å². The molecule has 0 saturated carbocycles. The topological polar surface area (TPSA) is 84.0 Å². The largest absolute Gasteiger partial charge is 0.439 e. The number of carbonyl (C=O) groups excluding carboxylic acids is 2. The maximum atomic E-state index is 13.2. The van der Waals surface area contributed by atoms with Crippen molar-refractivity contribution in [1.82, 2.24) is 9.21 Å². The number of amides is 2. The van der Waals surface area contributed by atoms with Crippen molar-refractivity contribution in [2.75, 3.05) is 19.7 Å². The highest BCUT2D eigenvalue weighted by atomic mass is 35.5. The van der Waals surface area contributed by atoms with Gasteiger partial charge in [-0.2, -0.15) is 4.31 Å². The van der Waals surface area contributed by atoms with Crippen molar-refractivity contribution in [1.29, 1.82) is 0 Å². The quantitative estimate of drug-likeness (QED) is 0.807. The fourth-order valence-corrected chi connectivity index (χ4v) is 4.41. The zero-order valence-electron chi connectivity index (χ0n) is 11.7. The molecule has 23 heavy (non-hydrogen) atoms. The molecule has 0 radical (unpaired) electrons. The molecule has 124 valence electrons. The summed E-state index contributed by atoms with van der Waals surface area (Å²) < 4.78 is 44.0. The zero-order valence-corrected chi connectivity index (χ0v) is 13.3. The number of hydrogen-bond donors (Lipinski definition) is 0. The van der Waals surface area contributed by atoms with E-state index in [0.717, 1.165) is 27.4 Å². The van der Waals surface area contributed by atoms with Crippen molar-refractivity contribution in [3.8, 4) is 0 Å². The van der Waals surface area contributed by atoms with Gasteiger partial charge in [0.1, 0.15) is 5.82 Å². The first kappa shape index (κ1) is 16.2. The van der Waals surface area contributed by atoms with Gasteiger partial charge in [0, 0.05) is 13.1 Å². The molecule has 2 saturated heterocycles. The third kappa shape index (κ3) is 2.79. The van der Waals surface area contributed by atoms with E-state index in [1.807, 2.05) is 0 Å². The number of halogens is 2. The second-order valence-corrected chi connectivity index (χ2v) is 7.54. The maximum Gasteiger partial charge on any atom is 0.417 e. The van der Waals surface area contributed by atoms with Crippen LogP contribution < -0.4 is 0 Å². The number of ether oxygens (including phenoxy) is 1. The smallest absolute Gasteiger partial charge is 0.417 e. The van der Waals surface area contributed by atoms with Crippen LogP contribution in [0.1, 0.15) is 6.42 Å². The Labute approximate surface area is 136 Å². The minimum absolute atomic E-state index is 0.0296. The van der Waals surface area contributed by atoms with E-state index >= 15 is 0 Å². The van der Waals surface area contributed by atoms with E-state index in [1.54, 1.807) is 0 Å². The molecule has 2 aliphatic rings. The van der Waals surface area contributed by atoms with E-state index in [9.17, 15) is 22.4 Å². The monoisotopic (exact) mass is 362 g/mol. The predicted molar refractivity (Wildman–Crippen MR) is 76.8 cm³/mol. The molecule has 2 heterocycles. The molecule has 0 spiro atoms. The molecular weight excluding hydrogens is 351 g/mol. The molecule has 2 aliphatic heterocycles. The van der Waals surface area contributed by atoms with Crippen LogP contribution in [0.15, 0.2) is 23.1 Å². The molecule has 0 aliphatic carbocycles. The number of imide groups is 1. The van der Waals surface area contributed by atoms with Gasteiger partial charge in [0.2, 0.25) is 10.0 Å². The summed E-state index contributed by atoms with van der Waals surface area (Å²) in [6, 6.07) is 2.57. The Bertz CT molecular complexity index is 769. The highest BCUT2D eigenvalue weighted by Crippen LogP contribution is 2.27. The van der Waals surface area contributed by atoms with Crippen LogP contribution in [0.3, 0.4) is 0 Å². The Hall–Kier alpha value is -1.71. The maximum absolute atomic E-state index is 13.2. The van der Waals surface area contributed by atoms with Gasteiger partial charge >= 0.3 is 6.09 Å². The van der Waals surface area contributed by atoms with Crippen LogP contribution >= 0.6 is 11.6 Å². The fraction of sp³-hybridized carbons (Fsp3) is 0.385. The van der Waals surface area contributed by atoms with E-state index in [-0.39, 0.29) is 29.6 Å². The molecule has 1 aromatic carbocycles. The van der Waals surface area contributed by atoms with E-state index in [1.165, 1.54) is 0 Å². The van der Waals surface area contributed by atoms with Gasteiger partial charge in [-0.1, -0.05) is 11.6 Å². The van der Waals surface area contributed by atoms with Crippen molar-refractivity contribution in [2.24, 2.45) is 0 Å². The number of benzene rings is 1. The average molecular weight is 363 g/mol. The molecule has 2 amide bonds. The average Bonchev–Trinajstić information content (AvgIpc) is 3.09. The standard InChI is InChI=1S/C13H12ClFN2O5S/c14-10-5-9(1-2-11(10)15)23(20,21)16-4-3-8(6-16)17-12(18)7-22-13(17)19/h1-2,5,8H,3-4,6-7H2. The van der Waals surface area contributed by atoms with Crippen LogP contribution in [0, 0.1) is 5.82 Å². The molecule has 0 bridgehead atoms. The lowest BCUT2D eigenvalue weighted by molar-refractivity contribution is -0.127. The highest BCUT2D eigenvalue weighted by Gasteiger charge is 2.43. The molecule has 2 fully saturated rings. The molecule has 0 N–H and O–H groups in total. The summed E-state index contributed by atoms with van der Waals surface area (Å²) in [6.45, 7) is -0.215. The lowest BCUT2D eigenvalue weighted by Gasteiger charge is -2.20. The van der Waals surface area contributed by atoms with E-state index in [0.29, 0.717) is 6.42 Å². The van der Waals surface area contributed by atoms with Gasteiger partial charge in [0.15, 0.2) is 6.61 Å². The van der Waals surface area contributed by atoms with Gasteiger partial charge < -0.3 is 4.74 Å². The van der Waals surface area contributed by atoms with Gasteiger partial charge in [-0.25, -0.2) is 22.5 Å². The Morgan fingerprint density at radius 1 is 1.30 bits per heavy atom. The number of sulfonamides is 1. The van der Waals surface area contributed by atoms with Crippen LogP contribution in [-0.4, -0.2) is 55.4 Å². The molecule has 10 heteroatoms. The van der Waals surface area contributed by atoms with Crippen LogP contribution in [0.25, 0.3) is 0 Å². The van der Waals surface area contributed by atoms with E-state index in [2.05, 4.69) is 4.74 Å². The first-order valence-electron chi connectivity index (χ1n) is 6.74. The highest BCUT2D eigenvalue weighted by molar-refractivity contribution is 7.89. The summed E-state index contributed by atoms with van der Waals surface area (Å²) >= 11 is 5.63. The first-order valence-corrected chi connectivity index (χ1v) is 8.56. The fourth-order valence-electron chi connectivity index (χ4n) is 2.64. The minimum Gasteiger partial charge on any atom is -0.439 e. The van der Waals surface area contributed by atoms with Crippen LogP contribution in [0.4, 0.5) is 9.18 Å². The number of rotatable bonds is 3. The molecule has 1 aromatic rings. The van der Waals surface area contributed by atoms with Crippen molar-refractivity contribution < 1.29 is 27.1 Å². The van der Waals surface area contributed by atoms with Crippen LogP contribution in [0.2, 0.25) is 5.02 Å². The minimum atomic E-state index is -3.88. The Balaban J connectivity index is 1.81. The Morgan fingerprint density at radius 3 is 2.65 bits per heavy atom. The van der Waals surface area contributed by atoms with Crippen molar-refractivity contribution in [3.63, 3.8) is 0 Å². The summed E-state index contributed by atoms with van der Waals surface area (Å²) in [4.78, 5) is 24.0. The predicted octanol–water partition coefficient (Wildman–Crippen LogP) is 1.22. The van der Waals surface area contributed by atoms with Gasteiger partial charge in [-0.3, -0.25) is 4.79 Å². The Morgan fingerprint density at radius 2 is 2.04 bits per heavy atom. The lowest BCUT2D eigenvalue weighted by atomic mass is 10.2. The normalized spacial score (nSPS) is 22.7. The number of nitrogens with zero attached hydrogens (tertiary/aromatic N) is 2. The zero-order chi connectivity index (χ0) is 16.8. The molecule has 0 aromatic heterocycles.